The summed E-state index contributed by atoms with van der Waals surface area (Å²) in [6, 6.07) is 11.3. The van der Waals surface area contributed by atoms with Gasteiger partial charge in [-0.3, -0.25) is 4.79 Å². The first-order valence-corrected chi connectivity index (χ1v) is 7.57. The number of carbonyl (C=O) groups excluding carboxylic acids is 1. The van der Waals surface area contributed by atoms with Crippen molar-refractivity contribution in [2.24, 2.45) is 0 Å². The number of methoxy groups -OCH3 is 1. The van der Waals surface area contributed by atoms with Gasteiger partial charge in [0, 0.05) is 35.6 Å². The molecule has 0 bridgehead atoms. The van der Waals surface area contributed by atoms with E-state index in [9.17, 15) is 4.79 Å². The lowest BCUT2D eigenvalue weighted by molar-refractivity contribution is -0.117. The van der Waals surface area contributed by atoms with Gasteiger partial charge in [-0.1, -0.05) is 23.7 Å². The predicted octanol–water partition coefficient (Wildman–Crippen LogP) is 3.86. The number of pyridine rings is 1. The average Bonchev–Trinajstić information content (AvgIpc) is 2.99. The van der Waals surface area contributed by atoms with E-state index in [1.807, 2.05) is 30.3 Å². The van der Waals surface area contributed by atoms with E-state index in [2.05, 4.69) is 15.3 Å². The third kappa shape index (κ3) is 3.52. The van der Waals surface area contributed by atoms with E-state index in [4.69, 9.17) is 16.3 Å². The lowest BCUT2D eigenvalue weighted by Crippen LogP contribution is -2.13. The van der Waals surface area contributed by atoms with Gasteiger partial charge in [-0.25, -0.2) is 4.98 Å². The molecule has 0 atom stereocenters. The van der Waals surface area contributed by atoms with Crippen molar-refractivity contribution >= 4 is 34.2 Å². The number of benzene rings is 1. The van der Waals surface area contributed by atoms with E-state index in [0.29, 0.717) is 18.1 Å². The van der Waals surface area contributed by atoms with Crippen LogP contribution >= 0.6 is 11.6 Å². The monoisotopic (exact) mass is 329 g/mol. The molecule has 0 aliphatic carbocycles. The molecule has 2 aromatic heterocycles. The maximum atomic E-state index is 11.8. The molecule has 0 saturated carbocycles. The number of hydrogen-bond acceptors (Lipinski definition) is 3. The van der Waals surface area contributed by atoms with Gasteiger partial charge in [0.05, 0.1) is 18.1 Å². The highest BCUT2D eigenvalue weighted by Crippen LogP contribution is 2.28. The van der Waals surface area contributed by atoms with Crippen molar-refractivity contribution < 1.29 is 9.53 Å². The highest BCUT2D eigenvalue weighted by Gasteiger charge is 2.08. The van der Waals surface area contributed by atoms with Gasteiger partial charge in [0.25, 0.3) is 0 Å². The molecule has 0 fully saturated rings. The number of aromatic nitrogens is 2. The zero-order valence-electron chi connectivity index (χ0n) is 12.6. The van der Waals surface area contributed by atoms with E-state index >= 15 is 0 Å². The molecular weight excluding hydrogens is 314 g/mol. The summed E-state index contributed by atoms with van der Waals surface area (Å²) < 4.78 is 4.90. The van der Waals surface area contributed by atoms with Gasteiger partial charge in [0.1, 0.15) is 5.65 Å². The first-order chi connectivity index (χ1) is 11.2. The summed E-state index contributed by atoms with van der Waals surface area (Å²) in [4.78, 5) is 19.3. The predicted molar refractivity (Wildman–Crippen MR) is 91.7 cm³/mol. The average molecular weight is 330 g/mol. The molecule has 0 aliphatic rings. The van der Waals surface area contributed by atoms with Gasteiger partial charge in [-0.05, 0) is 24.3 Å². The second kappa shape index (κ2) is 6.81. The van der Waals surface area contributed by atoms with Gasteiger partial charge in [-0.15, -0.1) is 0 Å². The van der Waals surface area contributed by atoms with Crippen molar-refractivity contribution in [1.29, 1.82) is 0 Å². The number of halogens is 1. The number of anilines is 1. The van der Waals surface area contributed by atoms with Crippen LogP contribution in [-0.4, -0.2) is 29.6 Å². The number of H-pyrrole nitrogens is 1. The Hall–Kier alpha value is -2.37. The maximum absolute atomic E-state index is 11.8. The summed E-state index contributed by atoms with van der Waals surface area (Å²) in [7, 11) is 1.57. The number of ether oxygens (including phenoxy) is 1. The van der Waals surface area contributed by atoms with E-state index in [0.717, 1.165) is 28.0 Å². The van der Waals surface area contributed by atoms with Crippen LogP contribution in [0, 0.1) is 0 Å². The van der Waals surface area contributed by atoms with Crippen LogP contribution in [0.3, 0.4) is 0 Å². The van der Waals surface area contributed by atoms with Crippen molar-refractivity contribution in [1.82, 2.24) is 9.97 Å². The number of hydrogen-bond donors (Lipinski definition) is 2. The summed E-state index contributed by atoms with van der Waals surface area (Å²) in [6.45, 7) is 0.401. The molecule has 0 unspecified atom stereocenters. The number of amides is 1. The Bertz CT molecular complexity index is 845. The SMILES string of the molecule is COCCC(=O)Nc1cccc(-c2cc3c(Cl)ccnc3[nH]2)c1. The number of fused-ring (bicyclic) bond motifs is 1. The van der Waals surface area contributed by atoms with Crippen molar-refractivity contribution in [3.05, 3.63) is 47.6 Å². The van der Waals surface area contributed by atoms with Crippen LogP contribution in [-0.2, 0) is 9.53 Å². The number of aromatic amines is 1. The summed E-state index contributed by atoms with van der Waals surface area (Å²) in [5.41, 5.74) is 3.32. The van der Waals surface area contributed by atoms with Crippen LogP contribution in [0.1, 0.15) is 6.42 Å². The molecular formula is C17H16ClN3O2. The highest BCUT2D eigenvalue weighted by atomic mass is 35.5. The number of nitrogens with one attached hydrogen (secondary N) is 2. The molecule has 1 amide bonds. The largest absolute Gasteiger partial charge is 0.384 e. The number of rotatable bonds is 5. The Morgan fingerprint density at radius 1 is 1.35 bits per heavy atom. The Balaban J connectivity index is 1.86. The minimum Gasteiger partial charge on any atom is -0.384 e. The zero-order valence-corrected chi connectivity index (χ0v) is 13.4. The summed E-state index contributed by atoms with van der Waals surface area (Å²) >= 11 is 6.18. The van der Waals surface area contributed by atoms with Crippen molar-refractivity contribution in [2.45, 2.75) is 6.42 Å². The van der Waals surface area contributed by atoms with Gasteiger partial charge < -0.3 is 15.0 Å². The lowest BCUT2D eigenvalue weighted by Gasteiger charge is -2.06. The summed E-state index contributed by atoms with van der Waals surface area (Å²) in [5.74, 6) is -0.0784. The van der Waals surface area contributed by atoms with E-state index < -0.39 is 0 Å². The lowest BCUT2D eigenvalue weighted by atomic mass is 10.1. The molecule has 0 spiro atoms. The molecule has 3 aromatic rings. The van der Waals surface area contributed by atoms with Crippen LogP contribution in [0.4, 0.5) is 5.69 Å². The second-order valence-electron chi connectivity index (χ2n) is 5.11. The Labute approximate surface area is 138 Å². The zero-order chi connectivity index (χ0) is 16.2. The van der Waals surface area contributed by atoms with E-state index in [-0.39, 0.29) is 5.91 Å². The van der Waals surface area contributed by atoms with Crippen molar-refractivity contribution in [3.8, 4) is 11.3 Å². The first kappa shape index (κ1) is 15.5. The standard InChI is InChI=1S/C17H16ClN3O2/c1-23-8-6-16(22)20-12-4-2-3-11(9-12)15-10-13-14(18)5-7-19-17(13)21-15/h2-5,7,9-10H,6,8H2,1H3,(H,19,21)(H,20,22). The quantitative estimate of drug-likeness (QED) is 0.747. The van der Waals surface area contributed by atoms with Gasteiger partial charge in [0.15, 0.2) is 0 Å². The van der Waals surface area contributed by atoms with Crippen LogP contribution in [0.2, 0.25) is 5.02 Å². The van der Waals surface area contributed by atoms with Crippen LogP contribution in [0.25, 0.3) is 22.3 Å². The molecule has 3 rings (SSSR count). The Morgan fingerprint density at radius 3 is 3.00 bits per heavy atom. The maximum Gasteiger partial charge on any atom is 0.226 e. The van der Waals surface area contributed by atoms with E-state index in [1.165, 1.54) is 0 Å². The molecule has 0 saturated heterocycles. The molecule has 0 aliphatic heterocycles. The smallest absolute Gasteiger partial charge is 0.226 e. The van der Waals surface area contributed by atoms with E-state index in [1.54, 1.807) is 19.4 Å². The summed E-state index contributed by atoms with van der Waals surface area (Å²) in [5, 5.41) is 4.39. The molecule has 2 heterocycles. The third-order valence-electron chi connectivity index (χ3n) is 3.47. The summed E-state index contributed by atoms with van der Waals surface area (Å²) in [6.07, 6.45) is 1.99. The van der Waals surface area contributed by atoms with Crippen LogP contribution in [0.5, 0.6) is 0 Å². The fourth-order valence-electron chi connectivity index (χ4n) is 2.33. The molecule has 6 heteroatoms. The minimum atomic E-state index is -0.0784. The number of nitrogens with zero attached hydrogens (tertiary/aromatic N) is 1. The highest BCUT2D eigenvalue weighted by molar-refractivity contribution is 6.35. The Morgan fingerprint density at radius 2 is 2.22 bits per heavy atom. The van der Waals surface area contributed by atoms with Crippen molar-refractivity contribution in [3.63, 3.8) is 0 Å². The minimum absolute atomic E-state index is 0.0784. The molecule has 118 valence electrons. The molecule has 1 aromatic carbocycles. The van der Waals surface area contributed by atoms with Crippen LogP contribution in [0.15, 0.2) is 42.6 Å². The van der Waals surface area contributed by atoms with Gasteiger partial charge in [-0.2, -0.15) is 0 Å². The third-order valence-corrected chi connectivity index (χ3v) is 3.80. The molecule has 0 radical (unpaired) electrons. The Kier molecular flexibility index (Phi) is 4.60. The topological polar surface area (TPSA) is 67.0 Å². The number of carbonyl (C=O) groups is 1. The molecule has 2 N–H and O–H groups in total. The fourth-order valence-corrected chi connectivity index (χ4v) is 2.53. The van der Waals surface area contributed by atoms with Crippen LogP contribution < -0.4 is 5.32 Å². The second-order valence-corrected chi connectivity index (χ2v) is 5.52. The van der Waals surface area contributed by atoms with Crippen molar-refractivity contribution in [2.75, 3.05) is 19.0 Å². The normalized spacial score (nSPS) is 10.9. The fraction of sp³-hybridized carbons (Fsp3) is 0.176. The molecule has 5 nitrogen and oxygen atoms in total. The van der Waals surface area contributed by atoms with Gasteiger partial charge in [0.2, 0.25) is 5.91 Å². The van der Waals surface area contributed by atoms with Gasteiger partial charge >= 0.3 is 0 Å². The first-order valence-electron chi connectivity index (χ1n) is 7.20. The molecule has 23 heavy (non-hydrogen) atoms.